The summed E-state index contributed by atoms with van der Waals surface area (Å²) in [5.74, 6) is 0.0439. The fraction of sp³-hybridized carbons (Fsp3) is 0.889. The maximum absolute atomic E-state index is 11.9. The first-order valence-electron chi connectivity index (χ1n) is 9.16. The van der Waals surface area contributed by atoms with Gasteiger partial charge < -0.3 is 9.47 Å². The Bertz CT molecular complexity index is 339. The maximum Gasteiger partial charge on any atom is 0.410 e. The van der Waals surface area contributed by atoms with Crippen LogP contribution in [-0.2, 0) is 14.3 Å². The summed E-state index contributed by atoms with van der Waals surface area (Å²) in [5.41, 5.74) is 0. The predicted molar refractivity (Wildman–Crippen MR) is 97.5 cm³/mol. The average Bonchev–Trinajstić information content (AvgIpc) is 2.58. The molecule has 0 saturated carbocycles. The number of rotatable bonds is 14. The molecule has 0 aliphatic carbocycles. The molecular weight excluding hydrogens is 330 g/mol. The number of carbonyl (C=O) groups is 2. The topological polar surface area (TPSA) is 55.8 Å². The van der Waals surface area contributed by atoms with E-state index in [-0.39, 0.29) is 6.61 Å². The fourth-order valence-corrected chi connectivity index (χ4v) is 2.27. The molecule has 0 N–H and O–H groups in total. The minimum absolute atomic E-state index is 0.257. The van der Waals surface area contributed by atoms with Crippen LogP contribution in [0.4, 0.5) is 4.79 Å². The Morgan fingerprint density at radius 3 is 2.04 bits per heavy atom. The molecule has 0 saturated heterocycles. The number of carbonyl (C=O) groups excluding carboxylic acids is 2. The number of hydrogen-bond acceptors (Lipinski definition) is 4. The summed E-state index contributed by atoms with van der Waals surface area (Å²) < 4.78 is 10.2. The third-order valence-corrected chi connectivity index (χ3v) is 4.22. The van der Waals surface area contributed by atoms with Crippen LogP contribution in [0.5, 0.6) is 0 Å². The standard InChI is InChI=1S/C18H34ClNO4/c1-4-5-6-7-8-9-10-11-14-23-17(21)16(2)20(3)18(22)24-15-12-13-19/h16H,4-15H2,1-3H3. The molecule has 0 rings (SSSR count). The molecule has 24 heavy (non-hydrogen) atoms. The van der Waals surface area contributed by atoms with E-state index in [2.05, 4.69) is 6.92 Å². The van der Waals surface area contributed by atoms with E-state index in [1.807, 2.05) is 0 Å². The van der Waals surface area contributed by atoms with Crippen molar-refractivity contribution in [2.75, 3.05) is 26.1 Å². The lowest BCUT2D eigenvalue weighted by Gasteiger charge is -2.22. The monoisotopic (exact) mass is 363 g/mol. The SMILES string of the molecule is CCCCCCCCCCOC(=O)C(C)N(C)C(=O)OCCCCl. The quantitative estimate of drug-likeness (QED) is 0.254. The minimum atomic E-state index is -0.650. The molecule has 6 heteroatoms. The van der Waals surface area contributed by atoms with Crippen LogP contribution in [0.1, 0.15) is 71.6 Å². The fourth-order valence-electron chi connectivity index (χ4n) is 2.16. The third kappa shape index (κ3) is 11.5. The molecule has 0 aromatic rings. The van der Waals surface area contributed by atoms with Crippen LogP contribution in [0, 0.1) is 0 Å². The van der Waals surface area contributed by atoms with E-state index in [0.29, 0.717) is 18.9 Å². The first kappa shape index (κ1) is 23.0. The van der Waals surface area contributed by atoms with Crippen molar-refractivity contribution >= 4 is 23.7 Å². The molecule has 0 heterocycles. The number of ether oxygens (including phenoxy) is 2. The van der Waals surface area contributed by atoms with Gasteiger partial charge in [0.1, 0.15) is 6.04 Å². The summed E-state index contributed by atoms with van der Waals surface area (Å²) in [5, 5.41) is 0. The summed E-state index contributed by atoms with van der Waals surface area (Å²) >= 11 is 5.52. The summed E-state index contributed by atoms with van der Waals surface area (Å²) in [7, 11) is 1.53. The lowest BCUT2D eigenvalue weighted by atomic mass is 10.1. The molecular formula is C18H34ClNO4. The number of unbranched alkanes of at least 4 members (excludes halogenated alkanes) is 7. The number of likely N-dealkylation sites (N-methyl/N-ethyl adjacent to an activating group) is 1. The van der Waals surface area contributed by atoms with Crippen molar-refractivity contribution in [2.45, 2.75) is 77.7 Å². The molecule has 142 valence electrons. The van der Waals surface area contributed by atoms with Gasteiger partial charge in [-0.3, -0.25) is 4.90 Å². The van der Waals surface area contributed by atoms with E-state index in [0.717, 1.165) is 12.8 Å². The highest BCUT2D eigenvalue weighted by Crippen LogP contribution is 2.09. The minimum Gasteiger partial charge on any atom is -0.464 e. The van der Waals surface area contributed by atoms with Crippen LogP contribution in [0.15, 0.2) is 0 Å². The lowest BCUT2D eigenvalue weighted by molar-refractivity contribution is -0.148. The van der Waals surface area contributed by atoms with E-state index >= 15 is 0 Å². The Morgan fingerprint density at radius 2 is 1.46 bits per heavy atom. The van der Waals surface area contributed by atoms with Gasteiger partial charge in [-0.15, -0.1) is 11.6 Å². The molecule has 1 unspecified atom stereocenters. The second-order valence-electron chi connectivity index (χ2n) is 6.09. The van der Waals surface area contributed by atoms with Gasteiger partial charge in [0.25, 0.3) is 0 Å². The second-order valence-corrected chi connectivity index (χ2v) is 6.46. The zero-order valence-corrected chi connectivity index (χ0v) is 16.3. The number of amides is 1. The lowest BCUT2D eigenvalue weighted by Crippen LogP contribution is -2.41. The van der Waals surface area contributed by atoms with Crippen molar-refractivity contribution in [3.63, 3.8) is 0 Å². The van der Waals surface area contributed by atoms with Gasteiger partial charge in [-0.05, 0) is 19.8 Å². The number of hydrogen-bond donors (Lipinski definition) is 0. The summed E-state index contributed by atoms with van der Waals surface area (Å²) in [6.45, 7) is 4.52. The molecule has 1 atom stereocenters. The maximum atomic E-state index is 11.9. The highest BCUT2D eigenvalue weighted by atomic mass is 35.5. The first-order valence-corrected chi connectivity index (χ1v) is 9.70. The molecule has 0 aromatic carbocycles. The Morgan fingerprint density at radius 1 is 0.917 bits per heavy atom. The van der Waals surface area contributed by atoms with Crippen LogP contribution < -0.4 is 0 Å². The summed E-state index contributed by atoms with van der Waals surface area (Å²) in [6.07, 6.45) is 9.64. The van der Waals surface area contributed by atoms with Crippen LogP contribution >= 0.6 is 11.6 Å². The van der Waals surface area contributed by atoms with Crippen molar-refractivity contribution in [2.24, 2.45) is 0 Å². The molecule has 0 aliphatic heterocycles. The van der Waals surface area contributed by atoms with Gasteiger partial charge in [0.15, 0.2) is 0 Å². The molecule has 0 radical (unpaired) electrons. The predicted octanol–water partition coefficient (Wildman–Crippen LogP) is 4.76. The molecule has 0 spiro atoms. The van der Waals surface area contributed by atoms with Crippen LogP contribution in [0.3, 0.4) is 0 Å². The van der Waals surface area contributed by atoms with Crippen LogP contribution in [0.2, 0.25) is 0 Å². The van der Waals surface area contributed by atoms with Crippen LogP contribution in [0.25, 0.3) is 0 Å². The van der Waals surface area contributed by atoms with Gasteiger partial charge in [-0.25, -0.2) is 9.59 Å². The Kier molecular flexibility index (Phi) is 14.9. The summed E-state index contributed by atoms with van der Waals surface area (Å²) in [6, 6.07) is -0.650. The number of alkyl halides is 1. The molecule has 5 nitrogen and oxygen atoms in total. The molecule has 0 fully saturated rings. The average molecular weight is 364 g/mol. The highest BCUT2D eigenvalue weighted by molar-refractivity contribution is 6.17. The van der Waals surface area contributed by atoms with E-state index in [1.54, 1.807) is 6.92 Å². The van der Waals surface area contributed by atoms with Gasteiger partial charge >= 0.3 is 12.1 Å². The van der Waals surface area contributed by atoms with Crippen LogP contribution in [-0.4, -0.2) is 49.1 Å². The summed E-state index contributed by atoms with van der Waals surface area (Å²) in [4.78, 5) is 24.9. The Balaban J connectivity index is 3.72. The van der Waals surface area contributed by atoms with Crippen molar-refractivity contribution in [1.29, 1.82) is 0 Å². The zero-order valence-electron chi connectivity index (χ0n) is 15.5. The number of esters is 1. The third-order valence-electron chi connectivity index (χ3n) is 3.96. The van der Waals surface area contributed by atoms with Gasteiger partial charge in [0.05, 0.1) is 13.2 Å². The normalized spacial score (nSPS) is 11.8. The Hall–Kier alpha value is -0.970. The first-order chi connectivity index (χ1) is 11.5. The van der Waals surface area contributed by atoms with Gasteiger partial charge in [0, 0.05) is 12.9 Å². The van der Waals surface area contributed by atoms with E-state index in [4.69, 9.17) is 21.1 Å². The molecule has 0 aromatic heterocycles. The van der Waals surface area contributed by atoms with Gasteiger partial charge in [-0.2, -0.15) is 0 Å². The molecule has 0 aliphatic rings. The smallest absolute Gasteiger partial charge is 0.410 e. The number of halogens is 1. The Labute approximate surface area is 152 Å². The molecule has 1 amide bonds. The van der Waals surface area contributed by atoms with Crippen molar-refractivity contribution in [3.05, 3.63) is 0 Å². The van der Waals surface area contributed by atoms with E-state index in [1.165, 1.54) is 50.5 Å². The van der Waals surface area contributed by atoms with Crippen molar-refractivity contribution in [3.8, 4) is 0 Å². The molecule has 0 bridgehead atoms. The van der Waals surface area contributed by atoms with Crippen molar-refractivity contribution < 1.29 is 19.1 Å². The second kappa shape index (κ2) is 15.6. The van der Waals surface area contributed by atoms with Gasteiger partial charge in [0.2, 0.25) is 0 Å². The van der Waals surface area contributed by atoms with E-state index < -0.39 is 18.1 Å². The largest absolute Gasteiger partial charge is 0.464 e. The number of nitrogens with zero attached hydrogens (tertiary/aromatic N) is 1. The van der Waals surface area contributed by atoms with E-state index in [9.17, 15) is 9.59 Å². The van der Waals surface area contributed by atoms with Crippen molar-refractivity contribution in [1.82, 2.24) is 4.90 Å². The van der Waals surface area contributed by atoms with Gasteiger partial charge in [-0.1, -0.05) is 51.9 Å². The zero-order chi connectivity index (χ0) is 18.2. The highest BCUT2D eigenvalue weighted by Gasteiger charge is 2.24.